The van der Waals surface area contributed by atoms with Crippen molar-refractivity contribution in [2.24, 2.45) is 0 Å². The van der Waals surface area contributed by atoms with Gasteiger partial charge < -0.3 is 9.47 Å². The average molecular weight is 322 g/mol. The van der Waals surface area contributed by atoms with Gasteiger partial charge in [0.2, 0.25) is 0 Å². The molecule has 0 aliphatic heterocycles. The van der Waals surface area contributed by atoms with Crippen molar-refractivity contribution in [1.82, 2.24) is 0 Å². The van der Waals surface area contributed by atoms with Crippen LogP contribution in [-0.4, -0.2) is 19.2 Å². The number of benzene rings is 2. The third-order valence-electron chi connectivity index (χ3n) is 3.53. The molecule has 0 radical (unpaired) electrons. The fourth-order valence-corrected chi connectivity index (χ4v) is 2.27. The van der Waals surface area contributed by atoms with Crippen molar-refractivity contribution in [3.8, 4) is 16.9 Å². The average Bonchev–Trinajstić information content (AvgIpc) is 2.64. The fraction of sp³-hybridized carbons (Fsp3) is 0.190. The van der Waals surface area contributed by atoms with Crippen LogP contribution in [-0.2, 0) is 16.0 Å². The quantitative estimate of drug-likeness (QED) is 0.293. The smallest absolute Gasteiger partial charge is 0.330 e. The summed E-state index contributed by atoms with van der Waals surface area (Å²) in [6, 6.07) is 16.4. The van der Waals surface area contributed by atoms with Gasteiger partial charge in [0.25, 0.3) is 0 Å². The second kappa shape index (κ2) is 9.36. The van der Waals surface area contributed by atoms with E-state index in [9.17, 15) is 4.79 Å². The standard InChI is InChI=1S/C21H22O3/c1-3-15-23-20-13-11-19(12-14-20)18-9-7-17(8-10-18)6-5-16-24-21(22)4-2/h3-4,7-14H,1-2,5-6,15-16H2. The van der Waals surface area contributed by atoms with Crippen LogP contribution in [0.1, 0.15) is 12.0 Å². The predicted octanol–water partition coefficient (Wildman–Crippen LogP) is 4.58. The van der Waals surface area contributed by atoms with E-state index in [1.54, 1.807) is 6.08 Å². The van der Waals surface area contributed by atoms with Gasteiger partial charge >= 0.3 is 5.97 Å². The zero-order valence-electron chi connectivity index (χ0n) is 13.7. The summed E-state index contributed by atoms with van der Waals surface area (Å²) < 4.78 is 10.5. The Hall–Kier alpha value is -2.81. The first kappa shape index (κ1) is 17.5. The molecule has 0 unspecified atom stereocenters. The summed E-state index contributed by atoms with van der Waals surface area (Å²) in [5.74, 6) is 0.468. The van der Waals surface area contributed by atoms with Crippen molar-refractivity contribution in [3.05, 3.63) is 79.4 Å². The number of hydrogen-bond donors (Lipinski definition) is 0. The predicted molar refractivity (Wildman–Crippen MR) is 97.0 cm³/mol. The van der Waals surface area contributed by atoms with E-state index in [0.717, 1.165) is 29.7 Å². The van der Waals surface area contributed by atoms with Gasteiger partial charge in [-0.05, 0) is 41.7 Å². The second-order valence-electron chi connectivity index (χ2n) is 5.30. The van der Waals surface area contributed by atoms with Crippen LogP contribution in [0.5, 0.6) is 5.75 Å². The monoisotopic (exact) mass is 322 g/mol. The summed E-state index contributed by atoms with van der Waals surface area (Å²) in [5, 5.41) is 0. The molecule has 0 N–H and O–H groups in total. The van der Waals surface area contributed by atoms with Gasteiger partial charge in [0, 0.05) is 6.08 Å². The van der Waals surface area contributed by atoms with E-state index >= 15 is 0 Å². The van der Waals surface area contributed by atoms with Crippen molar-refractivity contribution < 1.29 is 14.3 Å². The molecule has 0 amide bonds. The van der Waals surface area contributed by atoms with Gasteiger partial charge in [0.05, 0.1) is 6.61 Å². The van der Waals surface area contributed by atoms with Gasteiger partial charge in [-0.25, -0.2) is 4.79 Å². The van der Waals surface area contributed by atoms with Gasteiger partial charge in [0.1, 0.15) is 12.4 Å². The minimum atomic E-state index is -0.370. The van der Waals surface area contributed by atoms with Crippen LogP contribution >= 0.6 is 0 Å². The summed E-state index contributed by atoms with van der Waals surface area (Å²) in [5.41, 5.74) is 3.53. The van der Waals surface area contributed by atoms with Crippen LogP contribution < -0.4 is 4.74 Å². The van der Waals surface area contributed by atoms with Crippen LogP contribution in [0.25, 0.3) is 11.1 Å². The lowest BCUT2D eigenvalue weighted by molar-refractivity contribution is -0.137. The second-order valence-corrected chi connectivity index (χ2v) is 5.30. The van der Waals surface area contributed by atoms with E-state index in [4.69, 9.17) is 9.47 Å². The first-order chi connectivity index (χ1) is 11.7. The fourth-order valence-electron chi connectivity index (χ4n) is 2.27. The molecule has 0 heterocycles. The summed E-state index contributed by atoms with van der Waals surface area (Å²) in [6.45, 7) is 7.93. The number of hydrogen-bond acceptors (Lipinski definition) is 3. The lowest BCUT2D eigenvalue weighted by Gasteiger charge is -2.07. The molecule has 0 aromatic heterocycles. The van der Waals surface area contributed by atoms with E-state index in [1.165, 1.54) is 11.6 Å². The Kier molecular flexibility index (Phi) is 6.84. The summed E-state index contributed by atoms with van der Waals surface area (Å²) >= 11 is 0. The molecule has 0 saturated carbocycles. The number of rotatable bonds is 9. The van der Waals surface area contributed by atoms with Crippen molar-refractivity contribution in [1.29, 1.82) is 0 Å². The number of carbonyl (C=O) groups excluding carboxylic acids is 1. The summed E-state index contributed by atoms with van der Waals surface area (Å²) in [6.07, 6.45) is 4.58. The molecule has 0 saturated heterocycles. The van der Waals surface area contributed by atoms with Crippen LogP contribution in [0, 0.1) is 0 Å². The third-order valence-corrected chi connectivity index (χ3v) is 3.53. The highest BCUT2D eigenvalue weighted by molar-refractivity contribution is 5.81. The first-order valence-corrected chi connectivity index (χ1v) is 7.95. The largest absolute Gasteiger partial charge is 0.490 e. The molecule has 0 fully saturated rings. The van der Waals surface area contributed by atoms with Crippen LogP contribution in [0.4, 0.5) is 0 Å². The highest BCUT2D eigenvalue weighted by Gasteiger charge is 2.01. The third kappa shape index (κ3) is 5.43. The zero-order valence-corrected chi connectivity index (χ0v) is 13.7. The van der Waals surface area contributed by atoms with Crippen LogP contribution in [0.15, 0.2) is 73.8 Å². The minimum Gasteiger partial charge on any atom is -0.490 e. The summed E-state index contributed by atoms with van der Waals surface area (Å²) in [7, 11) is 0. The topological polar surface area (TPSA) is 35.5 Å². The van der Waals surface area contributed by atoms with Crippen molar-refractivity contribution >= 4 is 5.97 Å². The first-order valence-electron chi connectivity index (χ1n) is 7.95. The Morgan fingerprint density at radius 1 is 0.958 bits per heavy atom. The molecular weight excluding hydrogens is 300 g/mol. The normalized spacial score (nSPS) is 10.0. The van der Waals surface area contributed by atoms with Crippen molar-refractivity contribution in [2.75, 3.05) is 13.2 Å². The molecular formula is C21H22O3. The van der Waals surface area contributed by atoms with E-state index in [1.807, 2.05) is 24.3 Å². The molecule has 2 aromatic rings. The molecule has 3 nitrogen and oxygen atoms in total. The van der Waals surface area contributed by atoms with Crippen molar-refractivity contribution in [3.63, 3.8) is 0 Å². The number of carbonyl (C=O) groups is 1. The van der Waals surface area contributed by atoms with E-state index < -0.39 is 0 Å². The molecule has 0 atom stereocenters. The minimum absolute atomic E-state index is 0.370. The molecule has 24 heavy (non-hydrogen) atoms. The van der Waals surface area contributed by atoms with Crippen molar-refractivity contribution in [2.45, 2.75) is 12.8 Å². The van der Waals surface area contributed by atoms with E-state index in [-0.39, 0.29) is 5.97 Å². The highest BCUT2D eigenvalue weighted by Crippen LogP contribution is 2.23. The Bertz CT molecular complexity index is 669. The zero-order chi connectivity index (χ0) is 17.2. The van der Waals surface area contributed by atoms with Gasteiger partial charge in [0.15, 0.2) is 0 Å². The number of esters is 1. The molecule has 2 aromatic carbocycles. The maximum atomic E-state index is 11.0. The Balaban J connectivity index is 1.88. The van der Waals surface area contributed by atoms with E-state index in [0.29, 0.717) is 13.2 Å². The number of aryl methyl sites for hydroxylation is 1. The Morgan fingerprint density at radius 3 is 2.17 bits per heavy atom. The number of ether oxygens (including phenoxy) is 2. The van der Waals surface area contributed by atoms with Gasteiger partial charge in [-0.2, -0.15) is 0 Å². The highest BCUT2D eigenvalue weighted by atomic mass is 16.5. The molecule has 0 bridgehead atoms. The van der Waals surface area contributed by atoms with E-state index in [2.05, 4.69) is 37.4 Å². The van der Waals surface area contributed by atoms with Gasteiger partial charge in [-0.15, -0.1) is 0 Å². The molecule has 124 valence electrons. The van der Waals surface area contributed by atoms with Crippen LogP contribution in [0.2, 0.25) is 0 Å². The lowest BCUT2D eigenvalue weighted by atomic mass is 10.0. The maximum Gasteiger partial charge on any atom is 0.330 e. The van der Waals surface area contributed by atoms with Gasteiger partial charge in [-0.1, -0.05) is 55.6 Å². The molecule has 0 spiro atoms. The molecule has 3 heteroatoms. The van der Waals surface area contributed by atoms with Gasteiger partial charge in [-0.3, -0.25) is 0 Å². The Labute approximate surface area is 143 Å². The molecule has 0 aliphatic carbocycles. The molecule has 0 aliphatic rings. The summed E-state index contributed by atoms with van der Waals surface area (Å²) in [4.78, 5) is 11.0. The molecule has 2 rings (SSSR count). The SMILES string of the molecule is C=CCOc1ccc(-c2ccc(CCCOC(=O)C=C)cc2)cc1. The van der Waals surface area contributed by atoms with Crippen LogP contribution in [0.3, 0.4) is 0 Å². The maximum absolute atomic E-state index is 11.0. The Morgan fingerprint density at radius 2 is 1.58 bits per heavy atom. The lowest BCUT2D eigenvalue weighted by Crippen LogP contribution is -2.02.